The van der Waals surface area contributed by atoms with E-state index in [0.29, 0.717) is 24.6 Å². The zero-order chi connectivity index (χ0) is 25.5. The number of halogens is 1. The van der Waals surface area contributed by atoms with Crippen molar-refractivity contribution in [1.29, 1.82) is 0 Å². The van der Waals surface area contributed by atoms with Gasteiger partial charge in [-0.05, 0) is 55.0 Å². The van der Waals surface area contributed by atoms with E-state index in [4.69, 9.17) is 4.74 Å². The number of nitrogens with one attached hydrogen (secondary N) is 1. The van der Waals surface area contributed by atoms with Crippen LogP contribution < -0.4 is 14.4 Å². The summed E-state index contributed by atoms with van der Waals surface area (Å²) in [5, 5.41) is 0.855. The molecule has 0 fully saturated rings. The Labute approximate surface area is 223 Å². The summed E-state index contributed by atoms with van der Waals surface area (Å²) in [7, 11) is -3.94. The lowest BCUT2D eigenvalue weighted by atomic mass is 10.2. The summed E-state index contributed by atoms with van der Waals surface area (Å²) in [6.45, 7) is 3.74. The van der Waals surface area contributed by atoms with Crippen LogP contribution in [0.5, 0.6) is 5.75 Å². The molecule has 0 saturated heterocycles. The molecule has 36 heavy (non-hydrogen) atoms. The van der Waals surface area contributed by atoms with Crippen molar-refractivity contribution in [2.75, 3.05) is 11.4 Å². The Morgan fingerprint density at radius 3 is 2.36 bits per heavy atom. The van der Waals surface area contributed by atoms with Crippen LogP contribution in [-0.4, -0.2) is 20.9 Å². The highest BCUT2D eigenvalue weighted by Crippen LogP contribution is 2.31. The Hall–Kier alpha value is -3.14. The van der Waals surface area contributed by atoms with Gasteiger partial charge in [0.2, 0.25) is 0 Å². The van der Waals surface area contributed by atoms with Gasteiger partial charge in [0.25, 0.3) is 15.9 Å². The molecular weight excluding hydrogens is 560 g/mol. The van der Waals surface area contributed by atoms with Gasteiger partial charge in [0, 0.05) is 23.1 Å². The number of benzene rings is 3. The zero-order valence-electron chi connectivity index (χ0n) is 19.6. The molecule has 0 aliphatic rings. The average Bonchev–Trinajstić information content (AvgIpc) is 3.38. The van der Waals surface area contributed by atoms with E-state index in [9.17, 15) is 13.2 Å². The number of hydrogen-bond acceptors (Lipinski definition) is 6. The topological polar surface area (TPSA) is 75.7 Å². The average molecular weight is 586 g/mol. The van der Waals surface area contributed by atoms with Gasteiger partial charge in [-0.25, -0.2) is 13.1 Å². The van der Waals surface area contributed by atoms with E-state index in [1.807, 2.05) is 61.5 Å². The largest absolute Gasteiger partial charge is 0.489 e. The summed E-state index contributed by atoms with van der Waals surface area (Å²) in [6, 6.07) is 27.2. The number of thiophene rings is 1. The molecule has 0 spiro atoms. The van der Waals surface area contributed by atoms with Crippen molar-refractivity contribution in [3.05, 3.63) is 111 Å². The first-order chi connectivity index (χ1) is 17.4. The van der Waals surface area contributed by atoms with Crippen molar-refractivity contribution in [3.8, 4) is 5.75 Å². The van der Waals surface area contributed by atoms with Gasteiger partial charge in [0.05, 0.1) is 14.8 Å². The van der Waals surface area contributed by atoms with Gasteiger partial charge >= 0.3 is 0 Å². The Bertz CT molecular complexity index is 1420. The molecule has 9 heteroatoms. The third-order valence-electron chi connectivity index (χ3n) is 5.41. The maximum atomic E-state index is 12.7. The minimum Gasteiger partial charge on any atom is -0.489 e. The van der Waals surface area contributed by atoms with Crippen molar-refractivity contribution in [2.45, 2.75) is 25.0 Å². The van der Waals surface area contributed by atoms with Crippen molar-refractivity contribution in [3.63, 3.8) is 0 Å². The number of carbonyl (C=O) groups is 1. The normalized spacial score (nSPS) is 11.2. The van der Waals surface area contributed by atoms with Crippen LogP contribution >= 0.6 is 27.3 Å². The predicted octanol–water partition coefficient (Wildman–Crippen LogP) is 6.23. The first-order valence-corrected chi connectivity index (χ1v) is 14.4. The Morgan fingerprint density at radius 1 is 0.972 bits per heavy atom. The number of sulfonamides is 1. The maximum Gasteiger partial charge on any atom is 0.275 e. The van der Waals surface area contributed by atoms with Crippen molar-refractivity contribution < 1.29 is 17.9 Å². The first kappa shape index (κ1) is 25.9. The highest BCUT2D eigenvalue weighted by molar-refractivity contribution is 9.10. The molecule has 1 amide bonds. The fourth-order valence-electron chi connectivity index (χ4n) is 3.55. The molecule has 0 aliphatic heterocycles. The molecule has 186 valence electrons. The third kappa shape index (κ3) is 6.54. The molecule has 0 unspecified atom stereocenters. The zero-order valence-corrected chi connectivity index (χ0v) is 22.8. The number of ether oxygens (including phenoxy) is 1. The number of amides is 1. The second-order valence-electron chi connectivity index (χ2n) is 7.93. The van der Waals surface area contributed by atoms with E-state index in [1.54, 1.807) is 24.3 Å². The summed E-state index contributed by atoms with van der Waals surface area (Å²) in [4.78, 5) is 15.2. The van der Waals surface area contributed by atoms with E-state index in [0.717, 1.165) is 26.4 Å². The molecule has 0 saturated carbocycles. The minimum absolute atomic E-state index is 0.0444. The lowest BCUT2D eigenvalue weighted by molar-refractivity contribution is 0.0985. The summed E-state index contributed by atoms with van der Waals surface area (Å²) in [6.07, 6.45) is 0. The molecule has 4 aromatic rings. The molecule has 6 nitrogen and oxygen atoms in total. The van der Waals surface area contributed by atoms with Crippen molar-refractivity contribution in [1.82, 2.24) is 4.72 Å². The minimum atomic E-state index is -3.94. The van der Waals surface area contributed by atoms with Gasteiger partial charge < -0.3 is 9.64 Å². The molecular formula is C27H25BrN2O4S2. The monoisotopic (exact) mass is 584 g/mol. The molecule has 0 atom stereocenters. The van der Waals surface area contributed by atoms with E-state index in [-0.39, 0.29) is 4.90 Å². The fraction of sp³-hybridized carbons (Fsp3) is 0.148. The van der Waals surface area contributed by atoms with Crippen LogP contribution in [0.3, 0.4) is 0 Å². The van der Waals surface area contributed by atoms with Crippen LogP contribution in [0.4, 0.5) is 5.00 Å². The maximum absolute atomic E-state index is 12.7. The van der Waals surface area contributed by atoms with Gasteiger partial charge in [0.1, 0.15) is 12.4 Å². The summed E-state index contributed by atoms with van der Waals surface area (Å²) in [5.74, 6) is 0.129. The van der Waals surface area contributed by atoms with Gasteiger partial charge in [-0.1, -0.05) is 64.5 Å². The molecule has 0 bridgehead atoms. The van der Waals surface area contributed by atoms with Crippen LogP contribution in [-0.2, 0) is 23.2 Å². The predicted molar refractivity (Wildman–Crippen MR) is 147 cm³/mol. The standard InChI is InChI=1S/C27H25BrN2O4S2/c1-2-30(18-21-17-22(28)13-14-24(21)34-19-20-9-5-3-6-10-20)26-16-15-25(35-26)27(31)29-36(32,33)23-11-7-4-8-12-23/h3-17H,2,18-19H2,1H3,(H,29,31). The van der Waals surface area contributed by atoms with Crippen LogP contribution in [0, 0.1) is 0 Å². The number of anilines is 1. The molecule has 1 N–H and O–H groups in total. The number of rotatable bonds is 10. The highest BCUT2D eigenvalue weighted by Gasteiger charge is 2.21. The second kappa shape index (κ2) is 11.7. The summed E-state index contributed by atoms with van der Waals surface area (Å²) in [5.41, 5.74) is 2.08. The molecule has 0 radical (unpaired) electrons. The smallest absolute Gasteiger partial charge is 0.275 e. The third-order valence-corrected chi connectivity index (χ3v) is 8.40. The molecule has 3 aromatic carbocycles. The van der Waals surface area contributed by atoms with Crippen molar-refractivity contribution in [2.24, 2.45) is 0 Å². The van der Waals surface area contributed by atoms with E-state index in [2.05, 4.69) is 25.6 Å². The lowest BCUT2D eigenvalue weighted by Gasteiger charge is -2.23. The van der Waals surface area contributed by atoms with Crippen LogP contribution in [0.15, 0.2) is 100 Å². The van der Waals surface area contributed by atoms with Gasteiger partial charge in [0.15, 0.2) is 0 Å². The Morgan fingerprint density at radius 2 is 1.67 bits per heavy atom. The highest BCUT2D eigenvalue weighted by atomic mass is 79.9. The van der Waals surface area contributed by atoms with E-state index < -0.39 is 15.9 Å². The van der Waals surface area contributed by atoms with Crippen molar-refractivity contribution >= 4 is 48.2 Å². The van der Waals surface area contributed by atoms with Gasteiger partial charge in [-0.2, -0.15) is 0 Å². The number of carbonyl (C=O) groups excluding carboxylic acids is 1. The fourth-order valence-corrected chi connectivity index (χ4v) is 5.97. The first-order valence-electron chi connectivity index (χ1n) is 11.3. The molecule has 1 heterocycles. The Kier molecular flexibility index (Phi) is 8.45. The van der Waals surface area contributed by atoms with Gasteiger partial charge in [-0.3, -0.25) is 4.79 Å². The van der Waals surface area contributed by atoms with Crippen LogP contribution in [0.25, 0.3) is 0 Å². The SMILES string of the molecule is CCN(Cc1cc(Br)ccc1OCc1ccccc1)c1ccc(C(=O)NS(=O)(=O)c2ccccc2)s1. The summed E-state index contributed by atoms with van der Waals surface area (Å²) >= 11 is 4.80. The second-order valence-corrected chi connectivity index (χ2v) is 11.6. The van der Waals surface area contributed by atoms with E-state index >= 15 is 0 Å². The quantitative estimate of drug-likeness (QED) is 0.239. The lowest BCUT2D eigenvalue weighted by Crippen LogP contribution is -2.29. The molecule has 0 aliphatic carbocycles. The van der Waals surface area contributed by atoms with Crippen LogP contribution in [0.1, 0.15) is 27.7 Å². The molecule has 4 rings (SSSR count). The number of hydrogen-bond donors (Lipinski definition) is 1. The van der Waals surface area contributed by atoms with E-state index in [1.165, 1.54) is 23.5 Å². The molecule has 1 aromatic heterocycles. The Balaban J connectivity index is 1.48. The summed E-state index contributed by atoms with van der Waals surface area (Å²) < 4.78 is 34.3. The van der Waals surface area contributed by atoms with Gasteiger partial charge in [-0.15, -0.1) is 11.3 Å². The van der Waals surface area contributed by atoms with Crippen LogP contribution in [0.2, 0.25) is 0 Å². The number of nitrogens with zero attached hydrogens (tertiary/aromatic N) is 1.